The zero-order valence-electron chi connectivity index (χ0n) is 13.8. The summed E-state index contributed by atoms with van der Waals surface area (Å²) in [4.78, 5) is 14.5. The van der Waals surface area contributed by atoms with Crippen LogP contribution in [0.5, 0.6) is 0 Å². The van der Waals surface area contributed by atoms with Gasteiger partial charge in [-0.15, -0.1) is 0 Å². The van der Waals surface area contributed by atoms with E-state index >= 15 is 0 Å². The van der Waals surface area contributed by atoms with Crippen LogP contribution in [0, 0.1) is 11.8 Å². The molecule has 1 aliphatic heterocycles. The van der Waals surface area contributed by atoms with E-state index in [0.717, 1.165) is 37.9 Å². The maximum absolute atomic E-state index is 12.0. The Labute approximate surface area is 124 Å². The number of likely N-dealkylation sites (tertiary alicyclic amines) is 1. The second-order valence-corrected chi connectivity index (χ2v) is 6.62. The average Bonchev–Trinajstić information content (AvgIpc) is 2.33. The summed E-state index contributed by atoms with van der Waals surface area (Å²) in [6.45, 7) is 14.4. The number of esters is 1. The van der Waals surface area contributed by atoms with Gasteiger partial charge in [0.15, 0.2) is 0 Å². The number of piperidine rings is 1. The molecule has 4 heteroatoms. The van der Waals surface area contributed by atoms with Gasteiger partial charge in [-0.3, -0.25) is 4.79 Å². The Morgan fingerprint density at radius 1 is 1.30 bits per heavy atom. The van der Waals surface area contributed by atoms with Gasteiger partial charge in [0.05, 0.1) is 6.61 Å². The molecule has 0 aromatic heterocycles. The molecule has 0 bridgehead atoms. The number of hydrogen-bond donors (Lipinski definition) is 1. The van der Waals surface area contributed by atoms with Crippen molar-refractivity contribution in [1.82, 2.24) is 10.2 Å². The van der Waals surface area contributed by atoms with Gasteiger partial charge >= 0.3 is 5.97 Å². The van der Waals surface area contributed by atoms with Gasteiger partial charge in [0.2, 0.25) is 0 Å². The second-order valence-electron chi connectivity index (χ2n) is 6.62. The zero-order chi connectivity index (χ0) is 15.1. The molecule has 0 amide bonds. The van der Waals surface area contributed by atoms with Gasteiger partial charge in [0, 0.05) is 25.7 Å². The summed E-state index contributed by atoms with van der Waals surface area (Å²) in [5.74, 6) is 1.41. The molecule has 20 heavy (non-hydrogen) atoms. The summed E-state index contributed by atoms with van der Waals surface area (Å²) < 4.78 is 5.17. The predicted molar refractivity (Wildman–Crippen MR) is 82.7 cm³/mol. The van der Waals surface area contributed by atoms with Crippen molar-refractivity contribution in [3.8, 4) is 0 Å². The summed E-state index contributed by atoms with van der Waals surface area (Å²) in [6, 6.07) is 0.117. The summed E-state index contributed by atoms with van der Waals surface area (Å²) in [6.07, 6.45) is 2.15. The van der Waals surface area contributed by atoms with Crippen LogP contribution in [0.1, 0.15) is 47.5 Å². The standard InChI is InChI=1S/C16H32N2O2/c1-6-20-16(19)15(17-12(2)3)7-8-18-10-13(4)9-14(5)11-18/h12-15,17H,6-11H2,1-5H3. The highest BCUT2D eigenvalue weighted by molar-refractivity contribution is 5.75. The Morgan fingerprint density at radius 3 is 2.40 bits per heavy atom. The second kappa shape index (κ2) is 8.63. The number of rotatable bonds is 7. The van der Waals surface area contributed by atoms with E-state index in [4.69, 9.17) is 4.74 Å². The lowest BCUT2D eigenvalue weighted by Gasteiger charge is -2.35. The SMILES string of the molecule is CCOC(=O)C(CCN1CC(C)CC(C)C1)NC(C)C. The van der Waals surface area contributed by atoms with E-state index in [9.17, 15) is 4.79 Å². The molecule has 0 aromatic carbocycles. The van der Waals surface area contributed by atoms with Crippen LogP contribution in [-0.4, -0.2) is 49.2 Å². The summed E-state index contributed by atoms with van der Waals surface area (Å²) in [7, 11) is 0. The van der Waals surface area contributed by atoms with Gasteiger partial charge in [0.1, 0.15) is 6.04 Å². The third kappa shape index (κ3) is 6.23. The Bertz CT molecular complexity index is 284. The van der Waals surface area contributed by atoms with Crippen LogP contribution in [0.15, 0.2) is 0 Å². The molecule has 3 unspecified atom stereocenters. The molecule has 1 heterocycles. The molecule has 4 nitrogen and oxygen atoms in total. The fourth-order valence-corrected chi connectivity index (χ4v) is 3.20. The van der Waals surface area contributed by atoms with E-state index in [1.54, 1.807) is 0 Å². The van der Waals surface area contributed by atoms with Crippen molar-refractivity contribution < 1.29 is 9.53 Å². The van der Waals surface area contributed by atoms with Gasteiger partial charge in [-0.05, 0) is 31.6 Å². The quantitative estimate of drug-likeness (QED) is 0.728. The van der Waals surface area contributed by atoms with Crippen LogP contribution in [-0.2, 0) is 9.53 Å². The topological polar surface area (TPSA) is 41.6 Å². The largest absolute Gasteiger partial charge is 0.465 e. The minimum absolute atomic E-state index is 0.112. The molecule has 0 spiro atoms. The van der Waals surface area contributed by atoms with E-state index in [-0.39, 0.29) is 12.0 Å². The van der Waals surface area contributed by atoms with Gasteiger partial charge in [-0.25, -0.2) is 0 Å². The van der Waals surface area contributed by atoms with E-state index < -0.39 is 0 Å². The third-order valence-electron chi connectivity index (χ3n) is 3.78. The fourth-order valence-electron chi connectivity index (χ4n) is 3.20. The third-order valence-corrected chi connectivity index (χ3v) is 3.78. The molecule has 0 aromatic rings. The van der Waals surface area contributed by atoms with Crippen LogP contribution >= 0.6 is 0 Å². The molecule has 0 aliphatic carbocycles. The summed E-state index contributed by atoms with van der Waals surface area (Å²) in [5, 5.41) is 3.33. The predicted octanol–water partition coefficient (Wildman–Crippen LogP) is 2.28. The van der Waals surface area contributed by atoms with Crippen molar-refractivity contribution in [2.24, 2.45) is 11.8 Å². The van der Waals surface area contributed by atoms with Crippen LogP contribution in [0.3, 0.4) is 0 Å². The zero-order valence-corrected chi connectivity index (χ0v) is 13.8. The number of carbonyl (C=O) groups is 1. The monoisotopic (exact) mass is 284 g/mol. The Balaban J connectivity index is 2.46. The highest BCUT2D eigenvalue weighted by Gasteiger charge is 2.25. The van der Waals surface area contributed by atoms with Crippen molar-refractivity contribution in [3.05, 3.63) is 0 Å². The minimum Gasteiger partial charge on any atom is -0.465 e. The van der Waals surface area contributed by atoms with Crippen LogP contribution in [0.4, 0.5) is 0 Å². The lowest BCUT2D eigenvalue weighted by molar-refractivity contribution is -0.146. The molecular formula is C16H32N2O2. The number of nitrogens with one attached hydrogen (secondary N) is 1. The Hall–Kier alpha value is -0.610. The molecule has 1 fully saturated rings. The number of carbonyl (C=O) groups excluding carboxylic acids is 1. The summed E-state index contributed by atoms with van der Waals surface area (Å²) >= 11 is 0. The number of hydrogen-bond acceptors (Lipinski definition) is 4. The molecule has 1 N–H and O–H groups in total. The van der Waals surface area contributed by atoms with Crippen molar-refractivity contribution in [2.45, 2.75) is 59.5 Å². The first-order valence-electron chi connectivity index (χ1n) is 8.07. The Kier molecular flexibility index (Phi) is 7.52. The van der Waals surface area contributed by atoms with E-state index in [0.29, 0.717) is 12.6 Å². The highest BCUT2D eigenvalue weighted by atomic mass is 16.5. The first-order valence-corrected chi connectivity index (χ1v) is 8.07. The van der Waals surface area contributed by atoms with Gasteiger partial charge in [-0.1, -0.05) is 27.7 Å². The summed E-state index contributed by atoms with van der Waals surface area (Å²) in [5.41, 5.74) is 0. The average molecular weight is 284 g/mol. The smallest absolute Gasteiger partial charge is 0.323 e. The molecule has 3 atom stereocenters. The van der Waals surface area contributed by atoms with Crippen LogP contribution in [0.25, 0.3) is 0 Å². The normalized spacial score (nSPS) is 25.7. The molecule has 1 rings (SSSR count). The maximum Gasteiger partial charge on any atom is 0.323 e. The molecule has 0 saturated carbocycles. The van der Waals surface area contributed by atoms with E-state index in [2.05, 4.69) is 37.9 Å². The van der Waals surface area contributed by atoms with Crippen molar-refractivity contribution >= 4 is 5.97 Å². The van der Waals surface area contributed by atoms with Crippen molar-refractivity contribution in [1.29, 1.82) is 0 Å². The van der Waals surface area contributed by atoms with E-state index in [1.807, 2.05) is 6.92 Å². The number of ether oxygens (including phenoxy) is 1. The minimum atomic E-state index is -0.178. The van der Waals surface area contributed by atoms with Gasteiger partial charge in [-0.2, -0.15) is 0 Å². The molecule has 0 radical (unpaired) electrons. The van der Waals surface area contributed by atoms with Crippen LogP contribution < -0.4 is 5.32 Å². The lowest BCUT2D eigenvalue weighted by atomic mass is 9.91. The van der Waals surface area contributed by atoms with Crippen molar-refractivity contribution in [3.63, 3.8) is 0 Å². The maximum atomic E-state index is 12.0. The van der Waals surface area contributed by atoms with Gasteiger partial charge in [0.25, 0.3) is 0 Å². The van der Waals surface area contributed by atoms with E-state index in [1.165, 1.54) is 6.42 Å². The molecule has 118 valence electrons. The molecule has 1 saturated heterocycles. The first-order chi connectivity index (χ1) is 9.42. The lowest BCUT2D eigenvalue weighted by Crippen LogP contribution is -2.46. The highest BCUT2D eigenvalue weighted by Crippen LogP contribution is 2.21. The first kappa shape index (κ1) is 17.4. The van der Waals surface area contributed by atoms with Crippen LogP contribution in [0.2, 0.25) is 0 Å². The fraction of sp³-hybridized carbons (Fsp3) is 0.938. The van der Waals surface area contributed by atoms with Gasteiger partial charge < -0.3 is 15.0 Å². The van der Waals surface area contributed by atoms with Crippen molar-refractivity contribution in [2.75, 3.05) is 26.2 Å². The number of nitrogens with zero attached hydrogens (tertiary/aromatic N) is 1. The Morgan fingerprint density at radius 2 is 1.90 bits per heavy atom. The molecule has 1 aliphatic rings. The molecular weight excluding hydrogens is 252 g/mol.